The summed E-state index contributed by atoms with van der Waals surface area (Å²) in [5, 5.41) is 0. The summed E-state index contributed by atoms with van der Waals surface area (Å²) in [5.41, 5.74) is -1.12. The quantitative estimate of drug-likeness (QED) is 0.240. The van der Waals surface area contributed by atoms with Crippen molar-refractivity contribution in [1.82, 2.24) is 0 Å². The first-order valence-corrected chi connectivity index (χ1v) is 11.2. The maximum absolute atomic E-state index is 14.7. The maximum Gasteiger partial charge on any atom is 0.429 e. The van der Waals surface area contributed by atoms with Gasteiger partial charge >= 0.3 is 6.11 Å². The molecule has 1 aliphatic heterocycles. The first kappa shape index (κ1) is 27.8. The predicted octanol–water partition coefficient (Wildman–Crippen LogP) is 7.38. The van der Waals surface area contributed by atoms with E-state index in [-0.39, 0.29) is 35.5 Å². The monoisotopic (exact) mass is 516 g/mol. The first-order chi connectivity index (χ1) is 17.0. The number of ether oxygens (including phenoxy) is 4. The molecule has 0 spiro atoms. The molecule has 196 valence electrons. The third-order valence-electron chi connectivity index (χ3n) is 5.51. The highest BCUT2D eigenvalue weighted by atomic mass is 19.3. The van der Waals surface area contributed by atoms with Crippen LogP contribution in [-0.2, 0) is 25.1 Å². The van der Waals surface area contributed by atoms with Gasteiger partial charge in [0.15, 0.2) is 17.9 Å². The Bertz CT molecular complexity index is 1080. The number of alkyl halides is 2. The molecular formula is C26H26F6O4. The Kier molecular flexibility index (Phi) is 9.21. The molecule has 0 aromatic heterocycles. The molecule has 0 unspecified atom stereocenters. The molecule has 0 N–H and O–H groups in total. The minimum absolute atomic E-state index is 0.0112. The Hall–Kier alpha value is -2.82. The minimum atomic E-state index is -4.11. The van der Waals surface area contributed by atoms with Crippen molar-refractivity contribution in [2.24, 2.45) is 5.92 Å². The number of rotatable bonds is 10. The topological polar surface area (TPSA) is 36.9 Å². The second kappa shape index (κ2) is 11.9. The molecule has 1 aliphatic carbocycles. The summed E-state index contributed by atoms with van der Waals surface area (Å²) in [7, 11) is 0. The van der Waals surface area contributed by atoms with Crippen LogP contribution in [0, 0.1) is 11.7 Å². The van der Waals surface area contributed by atoms with Crippen LogP contribution in [0.25, 0.3) is 0 Å². The molecule has 1 saturated heterocycles. The fraction of sp³-hybridized carbons (Fsp3) is 0.385. The van der Waals surface area contributed by atoms with Crippen LogP contribution in [0.1, 0.15) is 37.2 Å². The summed E-state index contributed by atoms with van der Waals surface area (Å²) in [6.45, 7) is 9.70. The molecule has 1 heterocycles. The van der Waals surface area contributed by atoms with Gasteiger partial charge in [0.1, 0.15) is 17.4 Å². The van der Waals surface area contributed by atoms with E-state index in [1.807, 2.05) is 6.92 Å². The number of halogens is 6. The number of benzene rings is 1. The molecule has 3 rings (SSSR count). The Morgan fingerprint density at radius 3 is 2.42 bits per heavy atom. The molecule has 1 aromatic rings. The van der Waals surface area contributed by atoms with Gasteiger partial charge in [-0.2, -0.15) is 8.78 Å². The van der Waals surface area contributed by atoms with Gasteiger partial charge in [0, 0.05) is 30.6 Å². The first-order valence-electron chi connectivity index (χ1n) is 11.2. The third kappa shape index (κ3) is 6.89. The van der Waals surface area contributed by atoms with E-state index in [2.05, 4.69) is 17.9 Å². The van der Waals surface area contributed by atoms with Crippen molar-refractivity contribution in [1.29, 1.82) is 0 Å². The molecule has 4 nitrogen and oxygen atoms in total. The smallest absolute Gasteiger partial charge is 0.429 e. The molecule has 0 amide bonds. The normalized spacial score (nSPS) is 21.3. The lowest BCUT2D eigenvalue weighted by atomic mass is 9.96. The minimum Gasteiger partial charge on any atom is -0.433 e. The van der Waals surface area contributed by atoms with Crippen molar-refractivity contribution in [2.75, 3.05) is 26.4 Å². The highest BCUT2D eigenvalue weighted by molar-refractivity contribution is 5.46. The number of hydrogen-bond acceptors (Lipinski definition) is 4. The van der Waals surface area contributed by atoms with Crippen molar-refractivity contribution in [3.05, 3.63) is 94.8 Å². The van der Waals surface area contributed by atoms with Gasteiger partial charge in [-0.1, -0.05) is 19.2 Å². The fourth-order valence-corrected chi connectivity index (χ4v) is 3.63. The molecule has 36 heavy (non-hydrogen) atoms. The molecule has 10 heteroatoms. The van der Waals surface area contributed by atoms with Gasteiger partial charge in [0.05, 0.1) is 25.4 Å². The largest absolute Gasteiger partial charge is 0.433 e. The van der Waals surface area contributed by atoms with E-state index in [1.165, 1.54) is 6.07 Å². The summed E-state index contributed by atoms with van der Waals surface area (Å²) in [6.07, 6.45) is -4.06. The van der Waals surface area contributed by atoms with Crippen molar-refractivity contribution < 1.29 is 45.3 Å². The van der Waals surface area contributed by atoms with E-state index < -0.39 is 47.0 Å². The van der Waals surface area contributed by atoms with Crippen LogP contribution in [-0.4, -0.2) is 26.4 Å². The maximum atomic E-state index is 14.7. The fourth-order valence-electron chi connectivity index (χ4n) is 3.63. The van der Waals surface area contributed by atoms with Gasteiger partial charge in [-0.05, 0) is 42.7 Å². The average Bonchev–Trinajstić information content (AvgIpc) is 2.82. The van der Waals surface area contributed by atoms with Crippen molar-refractivity contribution >= 4 is 0 Å². The Balaban J connectivity index is 1.69. The summed E-state index contributed by atoms with van der Waals surface area (Å²) in [5.74, 6) is -5.38. The zero-order chi connectivity index (χ0) is 26.5. The standard InChI is InChI=1S/C26H26F6O4/c1-4-33-12-17-13-34-25(35-14-17)18-5-8-21(24(30)10-18)26(31,32)36-19-6-7-20(23(29)11-19)15(2)9-22(28)16(3)27/h5,8-11,17,25H,2-4,6-7,12-14H2,1H3/b22-9+. The molecule has 0 radical (unpaired) electrons. The number of allylic oxidation sites excluding steroid dienone is 8. The Labute approximate surface area is 205 Å². The van der Waals surface area contributed by atoms with E-state index in [1.54, 1.807) is 0 Å². The van der Waals surface area contributed by atoms with E-state index in [9.17, 15) is 26.3 Å². The Morgan fingerprint density at radius 2 is 1.83 bits per heavy atom. The van der Waals surface area contributed by atoms with Crippen molar-refractivity contribution in [3.8, 4) is 0 Å². The van der Waals surface area contributed by atoms with E-state index >= 15 is 0 Å². The van der Waals surface area contributed by atoms with Crippen molar-refractivity contribution in [2.45, 2.75) is 32.2 Å². The molecule has 0 bridgehead atoms. The van der Waals surface area contributed by atoms with E-state index in [0.29, 0.717) is 38.6 Å². The van der Waals surface area contributed by atoms with Gasteiger partial charge in [-0.3, -0.25) is 0 Å². The van der Waals surface area contributed by atoms with Crippen LogP contribution in [0.3, 0.4) is 0 Å². The van der Waals surface area contributed by atoms with Crippen LogP contribution in [0.5, 0.6) is 0 Å². The second-order valence-corrected chi connectivity index (χ2v) is 8.24. The zero-order valence-corrected chi connectivity index (χ0v) is 19.6. The van der Waals surface area contributed by atoms with Crippen molar-refractivity contribution in [3.63, 3.8) is 0 Å². The van der Waals surface area contributed by atoms with Gasteiger partial charge in [-0.25, -0.2) is 17.6 Å². The summed E-state index contributed by atoms with van der Waals surface area (Å²) < 4.78 is 106. The van der Waals surface area contributed by atoms with Crippen LogP contribution in [0.15, 0.2) is 77.9 Å². The predicted molar refractivity (Wildman–Crippen MR) is 120 cm³/mol. The summed E-state index contributed by atoms with van der Waals surface area (Å²) >= 11 is 0. The molecule has 1 fully saturated rings. The van der Waals surface area contributed by atoms with Gasteiger partial charge in [-0.15, -0.1) is 0 Å². The lowest BCUT2D eigenvalue weighted by Crippen LogP contribution is -2.30. The van der Waals surface area contributed by atoms with E-state index in [0.717, 1.165) is 12.1 Å². The van der Waals surface area contributed by atoms with Gasteiger partial charge < -0.3 is 18.9 Å². The van der Waals surface area contributed by atoms with Gasteiger partial charge in [0.25, 0.3) is 0 Å². The van der Waals surface area contributed by atoms with Gasteiger partial charge in [0.2, 0.25) is 0 Å². The Morgan fingerprint density at radius 1 is 1.14 bits per heavy atom. The summed E-state index contributed by atoms with van der Waals surface area (Å²) in [4.78, 5) is 0. The molecule has 0 saturated carbocycles. The summed E-state index contributed by atoms with van der Waals surface area (Å²) in [6, 6.07) is 2.96. The average molecular weight is 516 g/mol. The van der Waals surface area contributed by atoms with Crippen LogP contribution < -0.4 is 0 Å². The van der Waals surface area contributed by atoms with Crippen LogP contribution >= 0.6 is 0 Å². The molecule has 2 aliphatic rings. The zero-order valence-electron chi connectivity index (χ0n) is 19.6. The lowest BCUT2D eigenvalue weighted by Gasteiger charge is -2.30. The highest BCUT2D eigenvalue weighted by Gasteiger charge is 2.39. The molecule has 0 atom stereocenters. The molecule has 1 aromatic carbocycles. The van der Waals surface area contributed by atoms with Crippen LogP contribution in [0.2, 0.25) is 0 Å². The van der Waals surface area contributed by atoms with Crippen LogP contribution in [0.4, 0.5) is 26.3 Å². The SMILES string of the molecule is C=C(/C=C(/F)C(=C)F)C1=C(F)C=C(OC(F)(F)c2ccc(C3OCC(COCC)CO3)cc2F)CC1. The molecular weight excluding hydrogens is 490 g/mol. The number of hydrogen-bond donors (Lipinski definition) is 0. The third-order valence-corrected chi connectivity index (χ3v) is 5.51. The lowest BCUT2D eigenvalue weighted by molar-refractivity contribution is -0.227. The second-order valence-electron chi connectivity index (χ2n) is 8.24. The van der Waals surface area contributed by atoms with E-state index in [4.69, 9.17) is 14.2 Å². The highest BCUT2D eigenvalue weighted by Crippen LogP contribution is 2.39.